The van der Waals surface area contributed by atoms with Crippen molar-refractivity contribution in [3.63, 3.8) is 0 Å². The fourth-order valence-corrected chi connectivity index (χ4v) is 1.66. The Morgan fingerprint density at radius 3 is 2.59 bits per heavy atom. The fourth-order valence-electron chi connectivity index (χ4n) is 1.66. The maximum atomic E-state index is 11.5. The van der Waals surface area contributed by atoms with Crippen LogP contribution in [0.25, 0.3) is 11.0 Å². The van der Waals surface area contributed by atoms with Crippen LogP contribution in [0.5, 0.6) is 5.75 Å². The van der Waals surface area contributed by atoms with Crippen LogP contribution in [0.3, 0.4) is 0 Å². The van der Waals surface area contributed by atoms with E-state index in [2.05, 4.69) is 0 Å². The Morgan fingerprint density at radius 2 is 1.94 bits per heavy atom. The number of carbonyl (C=O) groups is 1. The van der Waals surface area contributed by atoms with Crippen molar-refractivity contribution in [2.24, 2.45) is 0 Å². The van der Waals surface area contributed by atoms with E-state index in [0.717, 1.165) is 10.9 Å². The number of hydrogen-bond acceptors (Lipinski definition) is 4. The Hall–Kier alpha value is -2.10. The maximum absolute atomic E-state index is 11.5. The van der Waals surface area contributed by atoms with Gasteiger partial charge in [0, 0.05) is 23.9 Å². The van der Waals surface area contributed by atoms with Crippen molar-refractivity contribution >= 4 is 16.9 Å². The lowest BCUT2D eigenvalue weighted by Crippen LogP contribution is -2.06. The molecule has 0 bridgehead atoms. The van der Waals surface area contributed by atoms with Crippen LogP contribution in [-0.2, 0) is 4.79 Å². The number of benzene rings is 1. The first kappa shape index (κ1) is 11.4. The van der Waals surface area contributed by atoms with Gasteiger partial charge in [0.25, 0.3) is 0 Å². The number of ether oxygens (including phenoxy) is 1. The summed E-state index contributed by atoms with van der Waals surface area (Å²) in [5.41, 5.74) is 1.54. The molecule has 0 aliphatic rings. The van der Waals surface area contributed by atoms with Crippen LogP contribution in [0.15, 0.2) is 27.4 Å². The summed E-state index contributed by atoms with van der Waals surface area (Å²) in [6, 6.07) is 5.00. The molecule has 0 spiro atoms. The lowest BCUT2D eigenvalue weighted by molar-refractivity contribution is -0.131. The molecule has 2 rings (SSSR count). The molecule has 0 radical (unpaired) electrons. The SMILES string of the molecule is CC(=O)Oc1ccc2c(C)c(C)c(=O)oc2c1. The molecule has 88 valence electrons. The molecule has 0 amide bonds. The first-order valence-corrected chi connectivity index (χ1v) is 5.21. The summed E-state index contributed by atoms with van der Waals surface area (Å²) in [6.45, 7) is 4.90. The van der Waals surface area contributed by atoms with Crippen LogP contribution in [-0.4, -0.2) is 5.97 Å². The van der Waals surface area contributed by atoms with Crippen LogP contribution in [0.2, 0.25) is 0 Å². The average Bonchev–Trinajstić information content (AvgIpc) is 2.25. The Kier molecular flexibility index (Phi) is 2.71. The van der Waals surface area contributed by atoms with Gasteiger partial charge in [-0.05, 0) is 31.5 Å². The maximum Gasteiger partial charge on any atom is 0.339 e. The fraction of sp³-hybridized carbons (Fsp3) is 0.231. The third-order valence-electron chi connectivity index (χ3n) is 2.69. The quantitative estimate of drug-likeness (QED) is 0.430. The van der Waals surface area contributed by atoms with Crippen molar-refractivity contribution in [1.29, 1.82) is 0 Å². The van der Waals surface area contributed by atoms with E-state index < -0.39 is 5.97 Å². The van der Waals surface area contributed by atoms with Gasteiger partial charge in [-0.15, -0.1) is 0 Å². The normalized spacial score (nSPS) is 10.5. The van der Waals surface area contributed by atoms with Crippen molar-refractivity contribution in [3.8, 4) is 5.75 Å². The van der Waals surface area contributed by atoms with Gasteiger partial charge in [-0.3, -0.25) is 4.79 Å². The Bertz CT molecular complexity index is 652. The zero-order valence-electron chi connectivity index (χ0n) is 9.87. The van der Waals surface area contributed by atoms with Crippen molar-refractivity contribution in [1.82, 2.24) is 0 Å². The zero-order valence-corrected chi connectivity index (χ0v) is 9.87. The number of hydrogen-bond donors (Lipinski definition) is 0. The Balaban J connectivity index is 2.67. The topological polar surface area (TPSA) is 56.5 Å². The highest BCUT2D eigenvalue weighted by Gasteiger charge is 2.08. The predicted molar refractivity (Wildman–Crippen MR) is 63.3 cm³/mol. The molecule has 0 atom stereocenters. The van der Waals surface area contributed by atoms with Crippen molar-refractivity contribution in [2.45, 2.75) is 20.8 Å². The highest BCUT2D eigenvalue weighted by atomic mass is 16.5. The lowest BCUT2D eigenvalue weighted by Gasteiger charge is -2.06. The number of fused-ring (bicyclic) bond motifs is 1. The van der Waals surface area contributed by atoms with Crippen LogP contribution in [0.4, 0.5) is 0 Å². The van der Waals surface area contributed by atoms with Crippen LogP contribution >= 0.6 is 0 Å². The van der Waals surface area contributed by atoms with Crippen molar-refractivity contribution in [3.05, 3.63) is 39.7 Å². The molecule has 1 heterocycles. The summed E-state index contributed by atoms with van der Waals surface area (Å²) < 4.78 is 10.1. The molecular weight excluding hydrogens is 220 g/mol. The highest BCUT2D eigenvalue weighted by molar-refractivity contribution is 5.83. The molecule has 4 nitrogen and oxygen atoms in total. The number of carbonyl (C=O) groups excluding carboxylic acids is 1. The second kappa shape index (κ2) is 4.05. The first-order valence-electron chi connectivity index (χ1n) is 5.21. The molecule has 0 saturated heterocycles. The average molecular weight is 232 g/mol. The van der Waals surface area contributed by atoms with Gasteiger partial charge < -0.3 is 9.15 Å². The van der Waals surface area contributed by atoms with E-state index >= 15 is 0 Å². The number of aryl methyl sites for hydroxylation is 1. The van der Waals surface area contributed by atoms with Crippen LogP contribution in [0.1, 0.15) is 18.1 Å². The van der Waals surface area contributed by atoms with E-state index in [1.807, 2.05) is 6.92 Å². The van der Waals surface area contributed by atoms with Gasteiger partial charge in [-0.2, -0.15) is 0 Å². The smallest absolute Gasteiger partial charge is 0.339 e. The Morgan fingerprint density at radius 1 is 1.24 bits per heavy atom. The summed E-state index contributed by atoms with van der Waals surface area (Å²) in [4.78, 5) is 22.3. The van der Waals surface area contributed by atoms with Gasteiger partial charge in [0.2, 0.25) is 0 Å². The molecule has 1 aromatic carbocycles. The van der Waals surface area contributed by atoms with Gasteiger partial charge in [0.15, 0.2) is 0 Å². The highest BCUT2D eigenvalue weighted by Crippen LogP contribution is 2.23. The molecule has 0 unspecified atom stereocenters. The summed E-state index contributed by atoms with van der Waals surface area (Å²) in [6.07, 6.45) is 0. The minimum atomic E-state index is -0.407. The molecule has 0 aliphatic carbocycles. The van der Waals surface area contributed by atoms with Gasteiger partial charge in [0.05, 0.1) is 0 Å². The van der Waals surface area contributed by atoms with E-state index in [0.29, 0.717) is 16.9 Å². The third-order valence-corrected chi connectivity index (χ3v) is 2.69. The van der Waals surface area contributed by atoms with E-state index in [-0.39, 0.29) is 5.63 Å². The minimum absolute atomic E-state index is 0.366. The minimum Gasteiger partial charge on any atom is -0.427 e. The number of rotatable bonds is 1. The second-order valence-electron chi connectivity index (χ2n) is 3.89. The predicted octanol–water partition coefficient (Wildman–Crippen LogP) is 2.34. The molecular formula is C13H12O4. The van der Waals surface area contributed by atoms with Gasteiger partial charge in [-0.1, -0.05) is 0 Å². The molecule has 4 heteroatoms. The van der Waals surface area contributed by atoms with E-state index in [1.165, 1.54) is 6.92 Å². The van der Waals surface area contributed by atoms with E-state index in [1.54, 1.807) is 25.1 Å². The van der Waals surface area contributed by atoms with E-state index in [4.69, 9.17) is 9.15 Å². The third kappa shape index (κ3) is 2.06. The standard InChI is InChI=1S/C13H12O4/c1-7-8(2)13(15)17-12-6-10(16-9(3)14)4-5-11(7)12/h4-6H,1-3H3. The summed E-state index contributed by atoms with van der Waals surface area (Å²) in [5, 5.41) is 0.845. The van der Waals surface area contributed by atoms with Crippen molar-refractivity contribution < 1.29 is 13.9 Å². The molecule has 2 aromatic rings. The molecule has 0 aliphatic heterocycles. The van der Waals surface area contributed by atoms with Crippen LogP contribution < -0.4 is 10.4 Å². The summed E-state index contributed by atoms with van der Waals surface area (Å²) in [5.74, 6) is -0.0352. The molecule has 17 heavy (non-hydrogen) atoms. The monoisotopic (exact) mass is 232 g/mol. The Labute approximate surface area is 97.8 Å². The molecule has 1 aromatic heterocycles. The lowest BCUT2D eigenvalue weighted by atomic mass is 10.1. The number of esters is 1. The largest absolute Gasteiger partial charge is 0.427 e. The van der Waals surface area contributed by atoms with Gasteiger partial charge >= 0.3 is 11.6 Å². The van der Waals surface area contributed by atoms with Crippen molar-refractivity contribution in [2.75, 3.05) is 0 Å². The van der Waals surface area contributed by atoms with Crippen LogP contribution in [0, 0.1) is 13.8 Å². The van der Waals surface area contributed by atoms with Gasteiger partial charge in [0.1, 0.15) is 11.3 Å². The zero-order chi connectivity index (χ0) is 12.6. The molecule has 0 fully saturated rings. The second-order valence-corrected chi connectivity index (χ2v) is 3.89. The first-order chi connectivity index (χ1) is 7.99. The van der Waals surface area contributed by atoms with Gasteiger partial charge in [-0.25, -0.2) is 4.79 Å². The summed E-state index contributed by atoms with van der Waals surface area (Å²) in [7, 11) is 0. The molecule has 0 saturated carbocycles. The summed E-state index contributed by atoms with van der Waals surface area (Å²) >= 11 is 0. The van der Waals surface area contributed by atoms with E-state index in [9.17, 15) is 9.59 Å². The molecule has 0 N–H and O–H groups in total.